The monoisotopic (exact) mass is 285 g/mol. The van der Waals surface area contributed by atoms with Crippen LogP contribution in [-0.4, -0.2) is 24.5 Å². The molecule has 0 aliphatic rings. The Labute approximate surface area is 124 Å². The first-order valence-electron chi connectivity index (χ1n) is 6.79. The van der Waals surface area contributed by atoms with Crippen molar-refractivity contribution in [2.45, 2.75) is 13.0 Å². The molecule has 1 aromatic carbocycles. The number of nitrogens with zero attached hydrogens (tertiary/aromatic N) is 1. The Bertz CT molecular complexity index is 614. The molecule has 2 rings (SSSR count). The Balaban J connectivity index is 1.99. The van der Waals surface area contributed by atoms with Crippen molar-refractivity contribution >= 4 is 5.91 Å². The summed E-state index contributed by atoms with van der Waals surface area (Å²) in [6, 6.07) is 11.1. The number of pyridine rings is 1. The van der Waals surface area contributed by atoms with Gasteiger partial charge < -0.3 is 15.8 Å². The number of nitrogens with two attached hydrogens (primary N) is 1. The van der Waals surface area contributed by atoms with Crippen LogP contribution in [0.15, 0.2) is 42.6 Å². The Morgan fingerprint density at radius 2 is 2.14 bits per heavy atom. The largest absolute Gasteiger partial charge is 0.481 e. The molecule has 2 aromatic rings. The van der Waals surface area contributed by atoms with Gasteiger partial charge in [-0.15, -0.1) is 0 Å². The van der Waals surface area contributed by atoms with Crippen molar-refractivity contribution in [2.24, 2.45) is 5.73 Å². The van der Waals surface area contributed by atoms with Gasteiger partial charge in [0.2, 0.25) is 5.88 Å². The van der Waals surface area contributed by atoms with Gasteiger partial charge in [-0.2, -0.15) is 0 Å². The molecule has 0 unspecified atom stereocenters. The normalized spacial score (nSPS) is 10.2. The number of aromatic nitrogens is 1. The highest BCUT2D eigenvalue weighted by molar-refractivity contribution is 5.94. The molecule has 5 nitrogen and oxygen atoms in total. The van der Waals surface area contributed by atoms with Crippen LogP contribution in [0, 0.1) is 0 Å². The molecule has 1 heterocycles. The lowest BCUT2D eigenvalue weighted by Crippen LogP contribution is -2.23. The molecule has 0 radical (unpaired) electrons. The van der Waals surface area contributed by atoms with Crippen LogP contribution in [-0.2, 0) is 13.0 Å². The standard InChI is InChI=1S/C16H19N3O2/c1-21-15-10-13(6-8-18-15)11-19-16(20)14-4-2-3-12(9-14)5-7-17/h2-4,6,8-10H,5,7,11,17H2,1H3,(H,19,20). The Kier molecular flexibility index (Phi) is 5.29. The first kappa shape index (κ1) is 15.0. The van der Waals surface area contributed by atoms with E-state index in [1.807, 2.05) is 24.3 Å². The highest BCUT2D eigenvalue weighted by Crippen LogP contribution is 2.09. The molecule has 110 valence electrons. The second-order valence-electron chi connectivity index (χ2n) is 4.63. The molecule has 0 aliphatic carbocycles. The van der Waals surface area contributed by atoms with Gasteiger partial charge in [0.1, 0.15) is 0 Å². The van der Waals surface area contributed by atoms with Gasteiger partial charge in [0, 0.05) is 24.4 Å². The maximum Gasteiger partial charge on any atom is 0.251 e. The van der Waals surface area contributed by atoms with Crippen LogP contribution in [0.2, 0.25) is 0 Å². The molecule has 0 spiro atoms. The lowest BCUT2D eigenvalue weighted by atomic mass is 10.1. The highest BCUT2D eigenvalue weighted by Gasteiger charge is 2.06. The Morgan fingerprint density at radius 1 is 1.29 bits per heavy atom. The number of hydrogen-bond acceptors (Lipinski definition) is 4. The van der Waals surface area contributed by atoms with Crippen LogP contribution < -0.4 is 15.8 Å². The number of rotatable bonds is 6. The molecule has 1 aromatic heterocycles. The quantitative estimate of drug-likeness (QED) is 0.843. The number of methoxy groups -OCH3 is 1. The lowest BCUT2D eigenvalue weighted by molar-refractivity contribution is 0.0950. The van der Waals surface area contributed by atoms with Gasteiger partial charge in [-0.3, -0.25) is 4.79 Å². The van der Waals surface area contributed by atoms with Gasteiger partial charge in [0.05, 0.1) is 7.11 Å². The van der Waals surface area contributed by atoms with E-state index in [0.29, 0.717) is 24.5 Å². The molecule has 0 saturated heterocycles. The number of amides is 1. The number of ether oxygens (including phenoxy) is 1. The minimum absolute atomic E-state index is 0.107. The first-order valence-corrected chi connectivity index (χ1v) is 6.79. The maximum absolute atomic E-state index is 12.1. The summed E-state index contributed by atoms with van der Waals surface area (Å²) in [6.45, 7) is 1.00. The predicted molar refractivity (Wildman–Crippen MR) is 81.2 cm³/mol. The molecule has 0 fully saturated rings. The first-order chi connectivity index (χ1) is 10.2. The van der Waals surface area contributed by atoms with E-state index < -0.39 is 0 Å². The van der Waals surface area contributed by atoms with E-state index in [1.54, 1.807) is 25.4 Å². The summed E-state index contributed by atoms with van der Waals surface area (Å²) in [4.78, 5) is 16.2. The van der Waals surface area contributed by atoms with Crippen molar-refractivity contribution in [3.8, 4) is 5.88 Å². The third kappa shape index (κ3) is 4.29. The van der Waals surface area contributed by atoms with E-state index in [2.05, 4.69) is 10.3 Å². The average Bonchev–Trinajstić information content (AvgIpc) is 2.53. The van der Waals surface area contributed by atoms with Crippen LogP contribution in [0.1, 0.15) is 21.5 Å². The summed E-state index contributed by atoms with van der Waals surface area (Å²) >= 11 is 0. The molecule has 5 heteroatoms. The van der Waals surface area contributed by atoms with Crippen LogP contribution in [0.25, 0.3) is 0 Å². The molecule has 3 N–H and O–H groups in total. The van der Waals surface area contributed by atoms with Crippen molar-refractivity contribution < 1.29 is 9.53 Å². The highest BCUT2D eigenvalue weighted by atomic mass is 16.5. The Hall–Kier alpha value is -2.40. The van der Waals surface area contributed by atoms with Crippen molar-refractivity contribution in [3.05, 3.63) is 59.3 Å². The molecule has 0 aliphatic heterocycles. The minimum atomic E-state index is -0.107. The summed E-state index contributed by atoms with van der Waals surface area (Å²) < 4.78 is 5.05. The van der Waals surface area contributed by atoms with Crippen LogP contribution in [0.3, 0.4) is 0 Å². The van der Waals surface area contributed by atoms with Crippen molar-refractivity contribution in [1.29, 1.82) is 0 Å². The Morgan fingerprint density at radius 3 is 2.90 bits per heavy atom. The number of nitrogens with one attached hydrogen (secondary N) is 1. The molecule has 1 amide bonds. The van der Waals surface area contributed by atoms with E-state index >= 15 is 0 Å². The minimum Gasteiger partial charge on any atom is -0.481 e. The summed E-state index contributed by atoms with van der Waals surface area (Å²) in [5.41, 5.74) is 8.17. The van der Waals surface area contributed by atoms with Crippen molar-refractivity contribution in [2.75, 3.05) is 13.7 Å². The van der Waals surface area contributed by atoms with Crippen LogP contribution in [0.5, 0.6) is 5.88 Å². The predicted octanol–water partition coefficient (Wildman–Crippen LogP) is 1.52. The SMILES string of the molecule is COc1cc(CNC(=O)c2cccc(CCN)c2)ccn1. The fourth-order valence-corrected chi connectivity index (χ4v) is 1.99. The van der Waals surface area contributed by atoms with Gasteiger partial charge in [0.25, 0.3) is 5.91 Å². The number of benzene rings is 1. The van der Waals surface area contributed by atoms with Gasteiger partial charge in [-0.25, -0.2) is 4.98 Å². The lowest BCUT2D eigenvalue weighted by Gasteiger charge is -2.07. The van der Waals surface area contributed by atoms with Gasteiger partial charge in [-0.1, -0.05) is 12.1 Å². The number of carbonyl (C=O) groups excluding carboxylic acids is 1. The molecule has 0 atom stereocenters. The van der Waals surface area contributed by atoms with Gasteiger partial charge in [0.15, 0.2) is 0 Å². The molecular formula is C16H19N3O2. The van der Waals surface area contributed by atoms with E-state index in [0.717, 1.165) is 17.5 Å². The third-order valence-electron chi connectivity index (χ3n) is 3.08. The van der Waals surface area contributed by atoms with Crippen LogP contribution in [0.4, 0.5) is 0 Å². The maximum atomic E-state index is 12.1. The van der Waals surface area contributed by atoms with E-state index in [4.69, 9.17) is 10.5 Å². The fraction of sp³-hybridized carbons (Fsp3) is 0.250. The van der Waals surface area contributed by atoms with Crippen molar-refractivity contribution in [3.63, 3.8) is 0 Å². The zero-order valence-electron chi connectivity index (χ0n) is 12.0. The van der Waals surface area contributed by atoms with E-state index in [-0.39, 0.29) is 5.91 Å². The zero-order chi connectivity index (χ0) is 15.1. The van der Waals surface area contributed by atoms with Gasteiger partial charge >= 0.3 is 0 Å². The summed E-state index contributed by atoms with van der Waals surface area (Å²) in [5, 5.41) is 2.88. The number of hydrogen-bond donors (Lipinski definition) is 2. The smallest absolute Gasteiger partial charge is 0.251 e. The van der Waals surface area contributed by atoms with E-state index in [1.165, 1.54) is 0 Å². The van der Waals surface area contributed by atoms with Crippen LogP contribution >= 0.6 is 0 Å². The van der Waals surface area contributed by atoms with Gasteiger partial charge in [-0.05, 0) is 42.3 Å². The summed E-state index contributed by atoms with van der Waals surface area (Å²) in [7, 11) is 1.56. The molecule has 0 bridgehead atoms. The summed E-state index contributed by atoms with van der Waals surface area (Å²) in [5.74, 6) is 0.427. The third-order valence-corrected chi connectivity index (χ3v) is 3.08. The molecule has 21 heavy (non-hydrogen) atoms. The van der Waals surface area contributed by atoms with Crippen molar-refractivity contribution in [1.82, 2.24) is 10.3 Å². The second kappa shape index (κ2) is 7.40. The fourth-order valence-electron chi connectivity index (χ4n) is 1.99. The van der Waals surface area contributed by atoms with E-state index in [9.17, 15) is 4.79 Å². The zero-order valence-corrected chi connectivity index (χ0v) is 12.0. The topological polar surface area (TPSA) is 77.2 Å². The summed E-state index contributed by atoms with van der Waals surface area (Å²) in [6.07, 6.45) is 2.42. The number of carbonyl (C=O) groups is 1. The second-order valence-corrected chi connectivity index (χ2v) is 4.63. The average molecular weight is 285 g/mol. The molecular weight excluding hydrogens is 266 g/mol. The molecule has 0 saturated carbocycles.